The van der Waals surface area contributed by atoms with Crippen LogP contribution < -0.4 is 29.0 Å². The van der Waals surface area contributed by atoms with Crippen molar-refractivity contribution in [3.8, 4) is 29.0 Å². The molecule has 2 heterocycles. The molecule has 5 aromatic rings. The fourth-order valence-electron chi connectivity index (χ4n) is 4.34. The molecule has 0 N–H and O–H groups in total. The number of ether oxygens (including phenoxy) is 3. The maximum Gasteiger partial charge on any atom is 0.273 e. The number of aromatic nitrogens is 3. The van der Waals surface area contributed by atoms with Gasteiger partial charge in [0.2, 0.25) is 0 Å². The SMILES string of the molecule is COc1cc(OC)c(OC)cc1/C=c1\s/c(=C(/C#N)c2nc3ccccc3n2C)n(-c2ccc(F)cc2)c1=O. The van der Waals surface area contributed by atoms with Crippen LogP contribution in [0.3, 0.4) is 0 Å². The van der Waals surface area contributed by atoms with E-state index >= 15 is 0 Å². The minimum absolute atomic E-state index is 0.207. The van der Waals surface area contributed by atoms with Gasteiger partial charge in [0.15, 0.2) is 17.3 Å². The Bertz CT molecular complexity index is 1930. The summed E-state index contributed by atoms with van der Waals surface area (Å²) in [6.07, 6.45) is 1.67. The van der Waals surface area contributed by atoms with Crippen LogP contribution in [0.4, 0.5) is 4.39 Å². The molecule has 0 amide bonds. The van der Waals surface area contributed by atoms with Crippen LogP contribution in [0.1, 0.15) is 11.4 Å². The molecule has 0 bridgehead atoms. The largest absolute Gasteiger partial charge is 0.496 e. The van der Waals surface area contributed by atoms with E-state index in [-0.39, 0.29) is 11.1 Å². The highest BCUT2D eigenvalue weighted by Crippen LogP contribution is 2.35. The Hall–Kier alpha value is -4.88. The lowest BCUT2D eigenvalue weighted by Crippen LogP contribution is -2.31. The van der Waals surface area contributed by atoms with Gasteiger partial charge in [0, 0.05) is 18.7 Å². The first-order valence-electron chi connectivity index (χ1n) is 11.8. The van der Waals surface area contributed by atoms with Gasteiger partial charge in [-0.15, -0.1) is 11.3 Å². The van der Waals surface area contributed by atoms with Crippen molar-refractivity contribution in [2.45, 2.75) is 0 Å². The van der Waals surface area contributed by atoms with Gasteiger partial charge in [-0.05, 0) is 48.5 Å². The van der Waals surface area contributed by atoms with Crippen LogP contribution in [0, 0.1) is 17.1 Å². The normalized spacial score (nSPS) is 12.4. The van der Waals surface area contributed by atoms with Gasteiger partial charge in [-0.2, -0.15) is 5.26 Å². The summed E-state index contributed by atoms with van der Waals surface area (Å²) in [6, 6.07) is 18.7. The number of halogens is 1. The molecule has 0 fully saturated rings. The van der Waals surface area contributed by atoms with Crippen molar-refractivity contribution in [2.24, 2.45) is 7.05 Å². The third-order valence-electron chi connectivity index (χ3n) is 6.27. The van der Waals surface area contributed by atoms with Crippen molar-refractivity contribution in [1.29, 1.82) is 5.26 Å². The summed E-state index contributed by atoms with van der Waals surface area (Å²) in [5, 5.41) is 10.3. The molecule has 0 spiro atoms. The Morgan fingerprint density at radius 1 is 1.00 bits per heavy atom. The van der Waals surface area contributed by atoms with Crippen molar-refractivity contribution in [1.82, 2.24) is 14.1 Å². The fraction of sp³-hybridized carbons (Fsp3) is 0.138. The lowest BCUT2D eigenvalue weighted by molar-refractivity contribution is 0.348. The number of nitrogens with zero attached hydrogens (tertiary/aromatic N) is 4. The van der Waals surface area contributed by atoms with E-state index in [2.05, 4.69) is 11.1 Å². The number of benzene rings is 3. The number of aryl methyl sites for hydroxylation is 1. The van der Waals surface area contributed by atoms with E-state index in [4.69, 9.17) is 14.2 Å². The Kier molecular flexibility index (Phi) is 6.92. The lowest BCUT2D eigenvalue weighted by atomic mass is 10.1. The molecular weight excluding hydrogens is 519 g/mol. The van der Waals surface area contributed by atoms with E-state index in [1.165, 1.54) is 50.2 Å². The fourth-order valence-corrected chi connectivity index (χ4v) is 5.44. The number of fused-ring (bicyclic) bond motifs is 1. The van der Waals surface area contributed by atoms with E-state index in [9.17, 15) is 14.4 Å². The summed E-state index contributed by atoms with van der Waals surface area (Å²) in [5.41, 5.74) is 2.38. The number of imidazole rings is 1. The molecular formula is C29H23FN4O4S. The van der Waals surface area contributed by atoms with Crippen molar-refractivity contribution >= 4 is 34.0 Å². The van der Waals surface area contributed by atoms with Gasteiger partial charge in [-0.25, -0.2) is 9.37 Å². The van der Waals surface area contributed by atoms with Gasteiger partial charge in [0.05, 0.1) is 42.6 Å². The van der Waals surface area contributed by atoms with Crippen LogP contribution in [0.25, 0.3) is 28.4 Å². The Morgan fingerprint density at radius 3 is 2.31 bits per heavy atom. The highest BCUT2D eigenvalue weighted by atomic mass is 32.1. The van der Waals surface area contributed by atoms with E-state index < -0.39 is 5.82 Å². The number of thiazole rings is 1. The minimum Gasteiger partial charge on any atom is -0.496 e. The molecule has 196 valence electrons. The van der Waals surface area contributed by atoms with Crippen LogP contribution >= 0.6 is 11.3 Å². The molecule has 0 saturated carbocycles. The molecule has 0 saturated heterocycles. The second-order valence-electron chi connectivity index (χ2n) is 8.45. The second-order valence-corrected chi connectivity index (χ2v) is 9.48. The number of nitriles is 1. The average molecular weight is 543 g/mol. The van der Waals surface area contributed by atoms with E-state index in [1.807, 2.05) is 35.9 Å². The predicted molar refractivity (Wildman–Crippen MR) is 148 cm³/mol. The van der Waals surface area contributed by atoms with Crippen LogP contribution in [-0.2, 0) is 7.05 Å². The summed E-state index contributed by atoms with van der Waals surface area (Å²) >= 11 is 1.13. The number of methoxy groups -OCH3 is 3. The van der Waals surface area contributed by atoms with Gasteiger partial charge in [0.25, 0.3) is 5.56 Å². The summed E-state index contributed by atoms with van der Waals surface area (Å²) < 4.78 is 34.0. The standard InChI is InChI=1S/C29H23FN4O4S/c1-33-22-8-6-5-7-21(22)32-27(33)20(16-31)29-34(19-11-9-18(30)10-12-19)28(35)26(39-29)14-17-13-24(37-3)25(38-4)15-23(17)36-2/h5-15H,1-4H3/b26-14-,29-20-. The van der Waals surface area contributed by atoms with Gasteiger partial charge >= 0.3 is 0 Å². The van der Waals surface area contributed by atoms with Crippen molar-refractivity contribution < 1.29 is 18.6 Å². The van der Waals surface area contributed by atoms with Gasteiger partial charge in [-0.3, -0.25) is 9.36 Å². The monoisotopic (exact) mass is 542 g/mol. The highest BCUT2D eigenvalue weighted by molar-refractivity contribution is 7.07. The molecule has 39 heavy (non-hydrogen) atoms. The molecule has 3 aromatic carbocycles. The Morgan fingerprint density at radius 2 is 1.67 bits per heavy atom. The first-order valence-corrected chi connectivity index (χ1v) is 12.6. The topological polar surface area (TPSA) is 91.3 Å². The molecule has 5 rings (SSSR count). The molecule has 2 aromatic heterocycles. The van der Waals surface area contributed by atoms with Crippen LogP contribution in [-0.4, -0.2) is 35.4 Å². The number of rotatable bonds is 6. The minimum atomic E-state index is -0.440. The third kappa shape index (κ3) is 4.53. The van der Waals surface area contributed by atoms with Gasteiger partial charge in [-0.1, -0.05) is 12.1 Å². The Labute approximate surface area is 226 Å². The number of hydrogen-bond acceptors (Lipinski definition) is 7. The maximum atomic E-state index is 13.9. The summed E-state index contributed by atoms with van der Waals surface area (Å²) in [4.78, 5) is 18.5. The molecule has 0 atom stereocenters. The molecule has 10 heteroatoms. The molecule has 0 aliphatic rings. The molecule has 0 radical (unpaired) electrons. The van der Waals surface area contributed by atoms with Crippen LogP contribution in [0.2, 0.25) is 0 Å². The molecule has 0 aliphatic heterocycles. The summed E-state index contributed by atoms with van der Waals surface area (Å²) in [7, 11) is 6.37. The van der Waals surface area contributed by atoms with Crippen molar-refractivity contribution in [2.75, 3.05) is 21.3 Å². The van der Waals surface area contributed by atoms with E-state index in [0.717, 1.165) is 22.4 Å². The maximum absolute atomic E-state index is 13.9. The quantitative estimate of drug-likeness (QED) is 0.326. The first-order chi connectivity index (χ1) is 18.9. The van der Waals surface area contributed by atoms with Crippen molar-refractivity contribution in [3.05, 3.63) is 97.4 Å². The van der Waals surface area contributed by atoms with Crippen molar-refractivity contribution in [3.63, 3.8) is 0 Å². The van der Waals surface area contributed by atoms with E-state index in [0.29, 0.717) is 43.5 Å². The second kappa shape index (κ2) is 10.5. The van der Waals surface area contributed by atoms with Crippen LogP contribution in [0.5, 0.6) is 17.2 Å². The zero-order valence-electron chi connectivity index (χ0n) is 21.6. The lowest BCUT2D eigenvalue weighted by Gasteiger charge is -2.11. The zero-order valence-corrected chi connectivity index (χ0v) is 22.4. The average Bonchev–Trinajstić information content (AvgIpc) is 3.46. The zero-order chi connectivity index (χ0) is 27.7. The molecule has 8 nitrogen and oxygen atoms in total. The third-order valence-corrected chi connectivity index (χ3v) is 7.36. The Balaban J connectivity index is 1.88. The number of para-hydroxylation sites is 2. The smallest absolute Gasteiger partial charge is 0.273 e. The highest BCUT2D eigenvalue weighted by Gasteiger charge is 2.19. The van der Waals surface area contributed by atoms with Gasteiger partial charge < -0.3 is 18.8 Å². The summed E-state index contributed by atoms with van der Waals surface area (Å²) in [5.74, 6) is 1.37. The van der Waals surface area contributed by atoms with Gasteiger partial charge in [0.1, 0.15) is 27.9 Å². The molecule has 0 unspecified atom stereocenters. The first kappa shape index (κ1) is 25.8. The summed E-state index contributed by atoms with van der Waals surface area (Å²) in [6.45, 7) is 0. The molecule has 0 aliphatic carbocycles. The number of hydrogen-bond donors (Lipinski definition) is 0. The van der Waals surface area contributed by atoms with E-state index in [1.54, 1.807) is 18.2 Å². The predicted octanol–water partition coefficient (Wildman–Crippen LogP) is 3.50. The van der Waals surface area contributed by atoms with Crippen LogP contribution in [0.15, 0.2) is 65.5 Å².